The fourth-order valence-corrected chi connectivity index (χ4v) is 4.41. The van der Waals surface area contributed by atoms with E-state index in [2.05, 4.69) is 28.6 Å². The molecule has 0 unspecified atom stereocenters. The molecule has 1 aromatic heterocycles. The van der Waals surface area contributed by atoms with Crippen molar-refractivity contribution in [1.82, 2.24) is 14.8 Å². The monoisotopic (exact) mass is 459 g/mol. The van der Waals surface area contributed by atoms with E-state index >= 15 is 0 Å². The number of rotatable bonds is 11. The van der Waals surface area contributed by atoms with Gasteiger partial charge < -0.3 is 14.0 Å². The summed E-state index contributed by atoms with van der Waals surface area (Å²) in [5.41, 5.74) is 0.563. The third kappa shape index (κ3) is 5.60. The van der Waals surface area contributed by atoms with Gasteiger partial charge in [0.25, 0.3) is 0 Å². The van der Waals surface area contributed by atoms with Crippen molar-refractivity contribution in [2.45, 2.75) is 44.5 Å². The SMILES string of the molecule is CCC(CC)n1c(COc2ccccc2Cl)nnc1SCC(=O)c1ccccc1OC. The number of ether oxygens (including phenoxy) is 2. The highest BCUT2D eigenvalue weighted by Gasteiger charge is 2.21. The molecule has 2 aromatic carbocycles. The van der Waals surface area contributed by atoms with Gasteiger partial charge in [0.05, 0.1) is 23.4 Å². The topological polar surface area (TPSA) is 66.2 Å². The van der Waals surface area contributed by atoms with Crippen LogP contribution in [0.1, 0.15) is 48.9 Å². The third-order valence-corrected chi connectivity index (χ3v) is 6.23. The molecule has 1 heterocycles. The van der Waals surface area contributed by atoms with Crippen molar-refractivity contribution in [3.8, 4) is 11.5 Å². The number of aromatic nitrogens is 3. The maximum atomic E-state index is 12.8. The lowest BCUT2D eigenvalue weighted by molar-refractivity contribution is 0.101. The van der Waals surface area contributed by atoms with Crippen molar-refractivity contribution in [3.63, 3.8) is 0 Å². The van der Waals surface area contributed by atoms with Gasteiger partial charge in [-0.15, -0.1) is 10.2 Å². The predicted octanol–water partition coefficient (Wildman–Crippen LogP) is 5.86. The van der Waals surface area contributed by atoms with E-state index in [4.69, 9.17) is 21.1 Å². The van der Waals surface area contributed by atoms with Crippen molar-refractivity contribution in [3.05, 3.63) is 64.9 Å². The van der Waals surface area contributed by atoms with Gasteiger partial charge in [-0.25, -0.2) is 0 Å². The molecule has 0 atom stereocenters. The molecule has 0 bridgehead atoms. The Bertz CT molecular complexity index is 1020. The zero-order valence-corrected chi connectivity index (χ0v) is 19.4. The fraction of sp³-hybridized carbons (Fsp3) is 0.348. The first-order chi connectivity index (χ1) is 15.1. The van der Waals surface area contributed by atoms with Crippen LogP contribution in [-0.2, 0) is 6.61 Å². The second-order valence-corrected chi connectivity index (χ2v) is 8.22. The summed E-state index contributed by atoms with van der Waals surface area (Å²) >= 11 is 7.58. The van der Waals surface area contributed by atoms with Crippen molar-refractivity contribution in [1.29, 1.82) is 0 Å². The number of ketones is 1. The molecular weight excluding hydrogens is 434 g/mol. The van der Waals surface area contributed by atoms with Crippen LogP contribution < -0.4 is 9.47 Å². The average Bonchev–Trinajstić information content (AvgIpc) is 3.20. The summed E-state index contributed by atoms with van der Waals surface area (Å²) in [6, 6.07) is 14.8. The van der Waals surface area contributed by atoms with E-state index in [9.17, 15) is 4.79 Å². The number of hydrogen-bond acceptors (Lipinski definition) is 6. The van der Waals surface area contributed by atoms with Crippen LogP contribution in [0, 0.1) is 0 Å². The Kier molecular flexibility index (Phi) is 8.37. The summed E-state index contributed by atoms with van der Waals surface area (Å²) in [6.07, 6.45) is 1.84. The summed E-state index contributed by atoms with van der Waals surface area (Å²) in [5, 5.41) is 9.96. The normalized spacial score (nSPS) is 11.0. The Balaban J connectivity index is 1.78. The summed E-state index contributed by atoms with van der Waals surface area (Å²) in [7, 11) is 1.56. The predicted molar refractivity (Wildman–Crippen MR) is 123 cm³/mol. The summed E-state index contributed by atoms with van der Waals surface area (Å²) in [4.78, 5) is 12.8. The lowest BCUT2D eigenvalue weighted by Gasteiger charge is -2.19. The molecule has 0 fully saturated rings. The van der Waals surface area contributed by atoms with Gasteiger partial charge in [0.1, 0.15) is 18.1 Å². The molecule has 3 aromatic rings. The summed E-state index contributed by atoms with van der Waals surface area (Å²) < 4.78 is 13.3. The molecular formula is C23H26ClN3O3S. The van der Waals surface area contributed by atoms with Crippen molar-refractivity contribution in [2.24, 2.45) is 0 Å². The Hall–Kier alpha value is -2.51. The minimum Gasteiger partial charge on any atom is -0.496 e. The molecule has 31 heavy (non-hydrogen) atoms. The van der Waals surface area contributed by atoms with Gasteiger partial charge in [0.15, 0.2) is 16.8 Å². The Morgan fingerprint density at radius 1 is 1.06 bits per heavy atom. The van der Waals surface area contributed by atoms with Crippen LogP contribution in [0.25, 0.3) is 0 Å². The molecule has 6 nitrogen and oxygen atoms in total. The summed E-state index contributed by atoms with van der Waals surface area (Å²) in [6.45, 7) is 4.50. The molecule has 0 saturated carbocycles. The number of para-hydroxylation sites is 2. The average molecular weight is 460 g/mol. The van der Waals surface area contributed by atoms with Crippen molar-refractivity contribution in [2.75, 3.05) is 12.9 Å². The molecule has 0 saturated heterocycles. The molecule has 0 aliphatic rings. The van der Waals surface area contributed by atoms with Gasteiger partial charge in [0.2, 0.25) is 0 Å². The highest BCUT2D eigenvalue weighted by atomic mass is 35.5. The van der Waals surface area contributed by atoms with E-state index in [0.717, 1.165) is 12.8 Å². The molecule has 3 rings (SSSR count). The number of methoxy groups -OCH3 is 1. The lowest BCUT2D eigenvalue weighted by Crippen LogP contribution is -2.15. The highest BCUT2D eigenvalue weighted by molar-refractivity contribution is 7.99. The number of nitrogens with zero attached hydrogens (tertiary/aromatic N) is 3. The molecule has 0 N–H and O–H groups in total. The van der Waals surface area contributed by atoms with Crippen molar-refractivity contribution < 1.29 is 14.3 Å². The Labute approximate surface area is 191 Å². The van der Waals surface area contributed by atoms with Crippen LogP contribution in [0.5, 0.6) is 11.5 Å². The standard InChI is InChI=1S/C23H26ClN3O3S/c1-4-16(5-2)27-22(14-30-21-13-9-7-11-18(21)24)25-26-23(27)31-15-19(28)17-10-6-8-12-20(17)29-3/h6-13,16H,4-5,14-15H2,1-3H3. The zero-order valence-electron chi connectivity index (χ0n) is 17.9. The van der Waals surface area contributed by atoms with E-state index in [1.54, 1.807) is 25.3 Å². The minimum absolute atomic E-state index is 0.0181. The number of hydrogen-bond donors (Lipinski definition) is 0. The Morgan fingerprint density at radius 3 is 2.42 bits per heavy atom. The van der Waals surface area contributed by atoms with Gasteiger partial charge in [-0.05, 0) is 37.1 Å². The van der Waals surface area contributed by atoms with Crippen LogP contribution in [0.2, 0.25) is 5.02 Å². The summed E-state index contributed by atoms with van der Waals surface area (Å²) in [5.74, 6) is 2.10. The van der Waals surface area contributed by atoms with Crippen LogP contribution in [-0.4, -0.2) is 33.4 Å². The number of carbonyl (C=O) groups excluding carboxylic acids is 1. The second kappa shape index (κ2) is 11.2. The minimum atomic E-state index is -0.0181. The van der Waals surface area contributed by atoms with Crippen LogP contribution in [0.4, 0.5) is 0 Å². The highest BCUT2D eigenvalue weighted by Crippen LogP contribution is 2.29. The largest absolute Gasteiger partial charge is 0.496 e. The zero-order chi connectivity index (χ0) is 22.2. The molecule has 8 heteroatoms. The molecule has 0 amide bonds. The van der Waals surface area contributed by atoms with E-state index in [-0.39, 0.29) is 24.2 Å². The quantitative estimate of drug-likeness (QED) is 0.264. The maximum Gasteiger partial charge on any atom is 0.192 e. The van der Waals surface area contributed by atoms with Crippen LogP contribution in [0.15, 0.2) is 53.7 Å². The van der Waals surface area contributed by atoms with E-state index < -0.39 is 0 Å². The lowest BCUT2D eigenvalue weighted by atomic mass is 10.1. The third-order valence-electron chi connectivity index (χ3n) is 4.98. The van der Waals surface area contributed by atoms with Gasteiger partial charge in [-0.1, -0.05) is 61.5 Å². The fourth-order valence-electron chi connectivity index (χ4n) is 3.31. The van der Waals surface area contributed by atoms with E-state index in [1.165, 1.54) is 11.8 Å². The number of benzene rings is 2. The molecule has 164 valence electrons. The molecule has 0 spiro atoms. The molecule has 0 aliphatic carbocycles. The first-order valence-electron chi connectivity index (χ1n) is 10.2. The van der Waals surface area contributed by atoms with Gasteiger partial charge in [-0.3, -0.25) is 4.79 Å². The first kappa shape index (κ1) is 23.2. The van der Waals surface area contributed by atoms with Crippen LogP contribution >= 0.6 is 23.4 Å². The van der Waals surface area contributed by atoms with E-state index in [0.29, 0.717) is 33.1 Å². The smallest absolute Gasteiger partial charge is 0.192 e. The number of thioether (sulfide) groups is 1. The number of carbonyl (C=O) groups is 1. The molecule has 0 radical (unpaired) electrons. The Morgan fingerprint density at radius 2 is 1.74 bits per heavy atom. The van der Waals surface area contributed by atoms with Gasteiger partial charge in [0, 0.05) is 6.04 Å². The van der Waals surface area contributed by atoms with Gasteiger partial charge in [-0.2, -0.15) is 0 Å². The van der Waals surface area contributed by atoms with Crippen LogP contribution in [0.3, 0.4) is 0 Å². The number of halogens is 1. The van der Waals surface area contributed by atoms with Gasteiger partial charge >= 0.3 is 0 Å². The first-order valence-corrected chi connectivity index (χ1v) is 11.5. The van der Waals surface area contributed by atoms with Crippen molar-refractivity contribution >= 4 is 29.1 Å². The van der Waals surface area contributed by atoms with E-state index in [1.807, 2.05) is 30.3 Å². The number of Topliss-reactive ketones (excluding diaryl/α,β-unsaturated/α-hetero) is 1. The second-order valence-electron chi connectivity index (χ2n) is 6.87. The maximum absolute atomic E-state index is 12.8. The molecule has 0 aliphatic heterocycles.